The lowest BCUT2D eigenvalue weighted by atomic mass is 10.2. The lowest BCUT2D eigenvalue weighted by Gasteiger charge is -2.07. The van der Waals surface area contributed by atoms with Crippen LogP contribution in [0.1, 0.15) is 11.1 Å². The second kappa shape index (κ2) is 5.12. The average molecular weight is 307 g/mol. The number of rotatable bonds is 2. The fourth-order valence-electron chi connectivity index (χ4n) is 1.80. The van der Waals surface area contributed by atoms with Gasteiger partial charge in [-0.3, -0.25) is 0 Å². The van der Waals surface area contributed by atoms with Crippen molar-refractivity contribution in [2.75, 3.05) is 0 Å². The smallest absolute Gasteiger partial charge is 0.210 e. The number of aromatic nitrogens is 2. The molecule has 5 heteroatoms. The highest BCUT2D eigenvalue weighted by atomic mass is 35.5. The van der Waals surface area contributed by atoms with Crippen LogP contribution >= 0.6 is 34.7 Å². The molecule has 2 aromatic heterocycles. The average Bonchev–Trinajstić information content (AvgIpc) is 2.82. The molecule has 0 amide bonds. The van der Waals surface area contributed by atoms with Gasteiger partial charge in [0.25, 0.3) is 0 Å². The van der Waals surface area contributed by atoms with Crippen LogP contribution in [0, 0.1) is 13.8 Å². The molecule has 0 fully saturated rings. The summed E-state index contributed by atoms with van der Waals surface area (Å²) in [5.74, 6) is 0. The summed E-state index contributed by atoms with van der Waals surface area (Å²) in [5, 5.41) is 4.32. The van der Waals surface area contributed by atoms with Crippen LogP contribution in [-0.4, -0.2) is 9.97 Å². The van der Waals surface area contributed by atoms with Gasteiger partial charge in [-0.15, -0.1) is 11.3 Å². The zero-order chi connectivity index (χ0) is 13.4. The van der Waals surface area contributed by atoms with E-state index in [1.165, 1.54) is 16.0 Å². The van der Waals surface area contributed by atoms with Crippen LogP contribution in [0.3, 0.4) is 0 Å². The fourth-order valence-corrected chi connectivity index (χ4v) is 3.99. The summed E-state index contributed by atoms with van der Waals surface area (Å²) in [6.45, 7) is 4.20. The van der Waals surface area contributed by atoms with E-state index in [1.54, 1.807) is 23.1 Å². The summed E-state index contributed by atoms with van der Waals surface area (Å²) < 4.78 is 0. The van der Waals surface area contributed by atoms with Crippen LogP contribution in [0.5, 0.6) is 0 Å². The highest BCUT2D eigenvalue weighted by Crippen LogP contribution is 2.35. The number of benzene rings is 1. The Morgan fingerprint density at radius 3 is 2.84 bits per heavy atom. The molecule has 2 heterocycles. The molecule has 0 radical (unpaired) electrons. The number of nitrogens with zero attached hydrogens (tertiary/aromatic N) is 2. The van der Waals surface area contributed by atoms with Gasteiger partial charge in [0.05, 0.1) is 0 Å². The normalized spacial score (nSPS) is 11.1. The number of thiophene rings is 1. The van der Waals surface area contributed by atoms with Crippen LogP contribution in [-0.2, 0) is 0 Å². The van der Waals surface area contributed by atoms with E-state index >= 15 is 0 Å². The predicted molar refractivity (Wildman–Crippen MR) is 82.5 cm³/mol. The van der Waals surface area contributed by atoms with Gasteiger partial charge in [0.2, 0.25) is 5.28 Å². The Labute approximate surface area is 124 Å². The van der Waals surface area contributed by atoms with E-state index in [9.17, 15) is 0 Å². The van der Waals surface area contributed by atoms with Gasteiger partial charge < -0.3 is 0 Å². The van der Waals surface area contributed by atoms with Crippen molar-refractivity contribution >= 4 is 44.9 Å². The van der Waals surface area contributed by atoms with Crippen molar-refractivity contribution in [3.8, 4) is 0 Å². The molecule has 0 aliphatic heterocycles. The zero-order valence-corrected chi connectivity index (χ0v) is 12.9. The van der Waals surface area contributed by atoms with Crippen LogP contribution in [0.2, 0.25) is 5.28 Å². The molecule has 3 aromatic rings. The molecule has 0 saturated carbocycles. The quantitative estimate of drug-likeness (QED) is 0.486. The molecule has 0 atom stereocenters. The Morgan fingerprint density at radius 2 is 2.00 bits per heavy atom. The standard InChI is InChI=1S/C14H11ClN2S2/c1-8-3-4-9(2)11(7-8)19-13-10-5-6-18-12(10)16-14(15)17-13/h3-7H,1-2H3. The van der Waals surface area contributed by atoms with Gasteiger partial charge in [0, 0.05) is 10.3 Å². The van der Waals surface area contributed by atoms with Crippen molar-refractivity contribution in [3.05, 3.63) is 46.1 Å². The molecule has 19 heavy (non-hydrogen) atoms. The number of hydrogen-bond donors (Lipinski definition) is 0. The fraction of sp³-hybridized carbons (Fsp3) is 0.143. The zero-order valence-electron chi connectivity index (χ0n) is 10.5. The van der Waals surface area contributed by atoms with E-state index in [1.807, 2.05) is 11.4 Å². The van der Waals surface area contributed by atoms with E-state index in [4.69, 9.17) is 11.6 Å². The minimum Gasteiger partial charge on any atom is -0.210 e. The Hall–Kier alpha value is -1.10. The topological polar surface area (TPSA) is 25.8 Å². The first-order valence-electron chi connectivity index (χ1n) is 5.79. The first-order chi connectivity index (χ1) is 9.13. The van der Waals surface area contributed by atoms with Gasteiger partial charge in [-0.05, 0) is 54.1 Å². The highest BCUT2D eigenvalue weighted by Gasteiger charge is 2.10. The summed E-state index contributed by atoms with van der Waals surface area (Å²) in [4.78, 5) is 10.7. The van der Waals surface area contributed by atoms with E-state index in [0.29, 0.717) is 5.28 Å². The number of hydrogen-bond acceptors (Lipinski definition) is 4. The molecule has 96 valence electrons. The molecule has 1 aromatic carbocycles. The van der Waals surface area contributed by atoms with Gasteiger partial charge in [0.1, 0.15) is 9.86 Å². The molecule has 0 aliphatic rings. The molecule has 0 spiro atoms. The largest absolute Gasteiger partial charge is 0.224 e. The molecule has 0 unspecified atom stereocenters. The lowest BCUT2D eigenvalue weighted by molar-refractivity contribution is 1.10. The van der Waals surface area contributed by atoms with Crippen LogP contribution < -0.4 is 0 Å². The summed E-state index contributed by atoms with van der Waals surface area (Å²) >= 11 is 9.22. The first-order valence-corrected chi connectivity index (χ1v) is 7.87. The Kier molecular flexibility index (Phi) is 3.48. The molecular formula is C14H11ClN2S2. The van der Waals surface area contributed by atoms with Gasteiger partial charge in [-0.25, -0.2) is 9.97 Å². The van der Waals surface area contributed by atoms with Gasteiger partial charge in [-0.1, -0.05) is 23.9 Å². The van der Waals surface area contributed by atoms with Crippen molar-refractivity contribution in [1.29, 1.82) is 0 Å². The highest BCUT2D eigenvalue weighted by molar-refractivity contribution is 7.99. The van der Waals surface area contributed by atoms with Crippen molar-refractivity contribution in [1.82, 2.24) is 9.97 Å². The van der Waals surface area contributed by atoms with Crippen LogP contribution in [0.15, 0.2) is 39.6 Å². The second-order valence-electron chi connectivity index (χ2n) is 4.31. The third-order valence-corrected chi connectivity index (χ3v) is 4.95. The van der Waals surface area contributed by atoms with E-state index in [2.05, 4.69) is 42.0 Å². The Morgan fingerprint density at radius 1 is 1.16 bits per heavy atom. The van der Waals surface area contributed by atoms with E-state index < -0.39 is 0 Å². The van der Waals surface area contributed by atoms with Crippen molar-refractivity contribution in [2.24, 2.45) is 0 Å². The molecule has 3 rings (SSSR count). The maximum atomic E-state index is 5.99. The Balaban J connectivity index is 2.10. The third kappa shape index (κ3) is 2.61. The lowest BCUT2D eigenvalue weighted by Crippen LogP contribution is -1.88. The second-order valence-corrected chi connectivity index (χ2v) is 6.57. The van der Waals surface area contributed by atoms with E-state index in [0.717, 1.165) is 15.2 Å². The number of halogens is 1. The van der Waals surface area contributed by atoms with Crippen molar-refractivity contribution in [3.63, 3.8) is 0 Å². The molecular weight excluding hydrogens is 296 g/mol. The van der Waals surface area contributed by atoms with Gasteiger partial charge in [-0.2, -0.15) is 0 Å². The summed E-state index contributed by atoms with van der Waals surface area (Å²) in [6.07, 6.45) is 0. The first kappa shape index (κ1) is 12.9. The molecule has 0 N–H and O–H groups in total. The van der Waals surface area contributed by atoms with Crippen molar-refractivity contribution < 1.29 is 0 Å². The van der Waals surface area contributed by atoms with Crippen LogP contribution in [0.25, 0.3) is 10.2 Å². The van der Waals surface area contributed by atoms with Gasteiger partial charge in [0.15, 0.2) is 0 Å². The number of aryl methyl sites for hydroxylation is 2. The maximum Gasteiger partial charge on any atom is 0.224 e. The number of fused-ring (bicyclic) bond motifs is 1. The predicted octanol–water partition coefficient (Wildman–Crippen LogP) is 5.11. The third-order valence-electron chi connectivity index (χ3n) is 2.81. The van der Waals surface area contributed by atoms with Crippen molar-refractivity contribution in [2.45, 2.75) is 23.8 Å². The van der Waals surface area contributed by atoms with E-state index in [-0.39, 0.29) is 0 Å². The summed E-state index contributed by atoms with van der Waals surface area (Å²) in [5.41, 5.74) is 2.49. The summed E-state index contributed by atoms with van der Waals surface area (Å²) in [7, 11) is 0. The molecule has 0 bridgehead atoms. The minimum absolute atomic E-state index is 0.308. The maximum absolute atomic E-state index is 5.99. The SMILES string of the molecule is Cc1ccc(C)c(Sc2nc(Cl)nc3sccc23)c1. The van der Waals surface area contributed by atoms with Crippen LogP contribution in [0.4, 0.5) is 0 Å². The monoisotopic (exact) mass is 306 g/mol. The summed E-state index contributed by atoms with van der Waals surface area (Å²) in [6, 6.07) is 8.47. The minimum atomic E-state index is 0.308. The molecule has 2 nitrogen and oxygen atoms in total. The molecule has 0 saturated heterocycles. The Bertz CT molecular complexity index is 752. The van der Waals surface area contributed by atoms with Gasteiger partial charge >= 0.3 is 0 Å². The molecule has 0 aliphatic carbocycles.